The highest BCUT2D eigenvalue weighted by atomic mass is 35.5. The van der Waals surface area contributed by atoms with Crippen LogP contribution >= 0.6 is 24.0 Å². The number of nitrogens with zero attached hydrogens (tertiary/aromatic N) is 1. The maximum atomic E-state index is 11.9. The lowest BCUT2D eigenvalue weighted by Crippen LogP contribution is -2.38. The minimum Gasteiger partial charge on any atom is -0.350 e. The number of carbonyl (C=O) groups is 1. The van der Waals surface area contributed by atoms with E-state index in [2.05, 4.69) is 5.32 Å². The topological polar surface area (TPSA) is 98.3 Å². The predicted molar refractivity (Wildman–Crippen MR) is 78.4 cm³/mol. The van der Waals surface area contributed by atoms with Gasteiger partial charge in [0.2, 0.25) is 0 Å². The first-order valence-corrected chi connectivity index (χ1v) is 6.34. The van der Waals surface area contributed by atoms with Crippen LogP contribution in [0.2, 0.25) is 5.02 Å². The van der Waals surface area contributed by atoms with Gasteiger partial charge in [-0.05, 0) is 30.9 Å². The molecule has 1 amide bonds. The van der Waals surface area contributed by atoms with Gasteiger partial charge in [0, 0.05) is 23.7 Å². The van der Waals surface area contributed by atoms with E-state index in [1.165, 1.54) is 18.2 Å². The van der Waals surface area contributed by atoms with E-state index in [9.17, 15) is 14.9 Å². The Kier molecular flexibility index (Phi) is 5.74. The van der Waals surface area contributed by atoms with Crippen molar-refractivity contribution in [3.8, 4) is 0 Å². The van der Waals surface area contributed by atoms with Crippen molar-refractivity contribution in [1.29, 1.82) is 0 Å². The average molecular weight is 320 g/mol. The standard InChI is InChI=1S/C12H14ClN3O3.ClH/c13-8-3-4-11(16(18)19)9(5-8)12(17)15-6-10(14)7-1-2-7;/h3-5,7,10H,1-2,6,14H2,(H,15,17);1H. The van der Waals surface area contributed by atoms with Crippen molar-refractivity contribution in [2.75, 3.05) is 6.54 Å². The van der Waals surface area contributed by atoms with Crippen molar-refractivity contribution in [3.05, 3.63) is 38.9 Å². The second-order valence-electron chi connectivity index (χ2n) is 4.63. The zero-order valence-electron chi connectivity index (χ0n) is 10.5. The van der Waals surface area contributed by atoms with Crippen molar-refractivity contribution in [2.45, 2.75) is 18.9 Å². The molecule has 2 rings (SSSR count). The number of nitrogens with two attached hydrogens (primary N) is 1. The summed E-state index contributed by atoms with van der Waals surface area (Å²) < 4.78 is 0. The molecular formula is C12H15Cl2N3O3. The average Bonchev–Trinajstić information content (AvgIpc) is 3.19. The van der Waals surface area contributed by atoms with E-state index in [0.717, 1.165) is 12.8 Å². The molecule has 1 unspecified atom stereocenters. The minimum atomic E-state index is -0.605. The molecule has 1 atom stereocenters. The Morgan fingerprint density at radius 3 is 2.75 bits per heavy atom. The third-order valence-corrected chi connectivity index (χ3v) is 3.36. The second kappa shape index (κ2) is 6.88. The highest BCUT2D eigenvalue weighted by Gasteiger charge is 2.29. The van der Waals surface area contributed by atoms with Crippen LogP contribution in [0.1, 0.15) is 23.2 Å². The first-order valence-electron chi connectivity index (χ1n) is 5.96. The minimum absolute atomic E-state index is 0. The van der Waals surface area contributed by atoms with Crippen LogP contribution in [-0.4, -0.2) is 23.4 Å². The van der Waals surface area contributed by atoms with Crippen molar-refractivity contribution in [1.82, 2.24) is 5.32 Å². The lowest BCUT2D eigenvalue weighted by molar-refractivity contribution is -0.385. The zero-order chi connectivity index (χ0) is 14.0. The fourth-order valence-electron chi connectivity index (χ4n) is 1.85. The van der Waals surface area contributed by atoms with Gasteiger partial charge in [0.05, 0.1) is 4.92 Å². The number of carbonyl (C=O) groups excluding carboxylic acids is 1. The summed E-state index contributed by atoms with van der Waals surface area (Å²) in [7, 11) is 0. The molecular weight excluding hydrogens is 305 g/mol. The van der Waals surface area contributed by atoms with Crippen molar-refractivity contribution < 1.29 is 9.72 Å². The molecule has 0 aliphatic heterocycles. The summed E-state index contributed by atoms with van der Waals surface area (Å²) in [6.45, 7) is 0.313. The van der Waals surface area contributed by atoms with Crippen molar-refractivity contribution in [3.63, 3.8) is 0 Å². The number of amides is 1. The maximum Gasteiger partial charge on any atom is 0.282 e. The fraction of sp³-hybridized carbons (Fsp3) is 0.417. The maximum absolute atomic E-state index is 11.9. The third kappa shape index (κ3) is 4.06. The van der Waals surface area contributed by atoms with E-state index in [4.69, 9.17) is 17.3 Å². The number of nitro benzene ring substituents is 1. The van der Waals surface area contributed by atoms with Gasteiger partial charge in [-0.15, -0.1) is 12.4 Å². The van der Waals surface area contributed by atoms with Crippen LogP contribution in [0.3, 0.4) is 0 Å². The Hall–Kier alpha value is -1.37. The van der Waals surface area contributed by atoms with Gasteiger partial charge >= 0.3 is 0 Å². The Labute approximate surface area is 127 Å². The first-order chi connectivity index (χ1) is 8.99. The molecule has 1 aliphatic carbocycles. The molecule has 6 nitrogen and oxygen atoms in total. The molecule has 3 N–H and O–H groups in total. The molecule has 0 saturated heterocycles. The van der Waals surface area contributed by atoms with Crippen LogP contribution in [0.4, 0.5) is 5.69 Å². The van der Waals surface area contributed by atoms with Gasteiger partial charge in [-0.1, -0.05) is 11.6 Å². The van der Waals surface area contributed by atoms with Gasteiger partial charge in [-0.2, -0.15) is 0 Å². The molecule has 0 aromatic heterocycles. The molecule has 1 aromatic carbocycles. The van der Waals surface area contributed by atoms with Gasteiger partial charge < -0.3 is 11.1 Å². The third-order valence-electron chi connectivity index (χ3n) is 3.13. The summed E-state index contributed by atoms with van der Waals surface area (Å²) in [4.78, 5) is 22.2. The van der Waals surface area contributed by atoms with Crippen molar-refractivity contribution >= 4 is 35.6 Å². The molecule has 0 spiro atoms. The monoisotopic (exact) mass is 319 g/mol. The SMILES string of the molecule is Cl.NC(CNC(=O)c1cc(Cl)ccc1[N+](=O)[O-])C1CC1. The van der Waals surface area contributed by atoms with Crippen molar-refractivity contribution in [2.24, 2.45) is 11.7 Å². The summed E-state index contributed by atoms with van der Waals surface area (Å²) in [5, 5.41) is 13.7. The number of rotatable bonds is 5. The molecule has 0 radical (unpaired) electrons. The lowest BCUT2D eigenvalue weighted by Gasteiger charge is -2.11. The molecule has 1 saturated carbocycles. The van der Waals surface area contributed by atoms with E-state index < -0.39 is 10.8 Å². The molecule has 1 aliphatic rings. The molecule has 8 heteroatoms. The van der Waals surface area contributed by atoms with Crippen LogP contribution in [0, 0.1) is 16.0 Å². The largest absolute Gasteiger partial charge is 0.350 e. The van der Waals surface area contributed by atoms with E-state index >= 15 is 0 Å². The molecule has 1 aromatic rings. The van der Waals surface area contributed by atoms with E-state index in [1.54, 1.807) is 0 Å². The van der Waals surface area contributed by atoms with Gasteiger partial charge in [0.25, 0.3) is 11.6 Å². The second-order valence-corrected chi connectivity index (χ2v) is 5.07. The predicted octanol–water partition coefficient (Wildman–Crippen LogP) is 2.14. The Balaban J connectivity index is 0.00000200. The van der Waals surface area contributed by atoms with Crippen LogP contribution < -0.4 is 11.1 Å². The molecule has 0 bridgehead atoms. The Bertz CT molecular complexity index is 521. The Morgan fingerprint density at radius 2 is 2.20 bits per heavy atom. The van der Waals surface area contributed by atoms with E-state index in [-0.39, 0.29) is 34.7 Å². The number of hydrogen-bond acceptors (Lipinski definition) is 4. The normalized spacial score (nSPS) is 15.1. The summed E-state index contributed by atoms with van der Waals surface area (Å²) in [6, 6.07) is 3.80. The van der Waals surface area contributed by atoms with E-state index in [0.29, 0.717) is 12.5 Å². The number of benzene rings is 1. The molecule has 1 fully saturated rings. The number of hydrogen-bond donors (Lipinski definition) is 2. The molecule has 20 heavy (non-hydrogen) atoms. The Morgan fingerprint density at radius 1 is 1.55 bits per heavy atom. The van der Waals surface area contributed by atoms with Gasteiger partial charge in [0.1, 0.15) is 5.56 Å². The van der Waals surface area contributed by atoms with E-state index in [1.807, 2.05) is 0 Å². The smallest absolute Gasteiger partial charge is 0.282 e. The van der Waals surface area contributed by atoms with Gasteiger partial charge in [-0.25, -0.2) is 0 Å². The zero-order valence-corrected chi connectivity index (χ0v) is 12.1. The quantitative estimate of drug-likeness (QED) is 0.641. The highest BCUT2D eigenvalue weighted by molar-refractivity contribution is 6.31. The number of nitro groups is 1. The fourth-order valence-corrected chi connectivity index (χ4v) is 2.02. The first kappa shape index (κ1) is 16.7. The molecule has 110 valence electrons. The van der Waals surface area contributed by atoms with Gasteiger partial charge in [0.15, 0.2) is 0 Å². The van der Waals surface area contributed by atoms with Crippen LogP contribution in [0.25, 0.3) is 0 Å². The summed E-state index contributed by atoms with van der Waals surface area (Å²) >= 11 is 5.76. The van der Waals surface area contributed by atoms with Crippen LogP contribution in [0.15, 0.2) is 18.2 Å². The van der Waals surface area contributed by atoms with Crippen LogP contribution in [0.5, 0.6) is 0 Å². The summed E-state index contributed by atoms with van der Waals surface area (Å²) in [6.07, 6.45) is 2.16. The lowest BCUT2D eigenvalue weighted by atomic mass is 10.1. The molecule has 0 heterocycles. The summed E-state index contributed by atoms with van der Waals surface area (Å²) in [5.41, 5.74) is 5.56. The summed E-state index contributed by atoms with van der Waals surface area (Å²) in [5.74, 6) is -0.0695. The van der Waals surface area contributed by atoms with Gasteiger partial charge in [-0.3, -0.25) is 14.9 Å². The van der Waals surface area contributed by atoms with Crippen LogP contribution in [-0.2, 0) is 0 Å². The highest BCUT2D eigenvalue weighted by Crippen LogP contribution is 2.31. The number of nitrogens with one attached hydrogen (secondary N) is 1. The number of halogens is 2.